The van der Waals surface area contributed by atoms with Gasteiger partial charge in [0.15, 0.2) is 5.11 Å². The Bertz CT molecular complexity index is 741. The first-order valence-electron chi connectivity index (χ1n) is 6.95. The third-order valence-electron chi connectivity index (χ3n) is 3.31. The van der Waals surface area contributed by atoms with Crippen molar-refractivity contribution in [3.05, 3.63) is 65.7 Å². The largest absolute Gasteiger partial charge is 0.381 e. The Balaban J connectivity index is 1.71. The van der Waals surface area contributed by atoms with Crippen LogP contribution in [0.25, 0.3) is 6.08 Å². The zero-order chi connectivity index (χ0) is 15.4. The highest BCUT2D eigenvalue weighted by Gasteiger charge is 2.11. The van der Waals surface area contributed by atoms with Crippen molar-refractivity contribution in [1.82, 2.24) is 5.32 Å². The molecular weight excluding hydrogens is 294 g/mol. The van der Waals surface area contributed by atoms with Crippen molar-refractivity contribution in [2.45, 2.75) is 0 Å². The van der Waals surface area contributed by atoms with Crippen LogP contribution < -0.4 is 16.0 Å². The Labute approximate surface area is 134 Å². The summed E-state index contributed by atoms with van der Waals surface area (Å²) in [6.45, 7) is 0.811. The van der Waals surface area contributed by atoms with Gasteiger partial charge in [-0.05, 0) is 36.5 Å². The van der Waals surface area contributed by atoms with E-state index in [9.17, 15) is 4.79 Å². The van der Waals surface area contributed by atoms with Gasteiger partial charge in [0.1, 0.15) is 0 Å². The zero-order valence-corrected chi connectivity index (χ0v) is 12.6. The summed E-state index contributed by atoms with van der Waals surface area (Å²) in [5, 5.41) is 9.33. The standard InChI is InChI=1S/C17H15N3OS/c21-16(12-6-2-1-3-7-12)20-17(22)19-15-10-4-9-14-13(15)8-5-11-18-14/h1-10,18H,11H2,(H2,19,20,21,22). The number of fused-ring (bicyclic) bond motifs is 1. The zero-order valence-electron chi connectivity index (χ0n) is 11.8. The SMILES string of the molecule is O=C(NC(=S)Nc1cccc2c1C=CCN2)c1ccccc1. The summed E-state index contributed by atoms with van der Waals surface area (Å²) in [5.74, 6) is -0.225. The normalized spacial score (nSPS) is 12.0. The van der Waals surface area contributed by atoms with Crippen molar-refractivity contribution in [3.8, 4) is 0 Å². The number of thiocarbonyl (C=S) groups is 1. The molecule has 0 bridgehead atoms. The van der Waals surface area contributed by atoms with Crippen LogP contribution in [0.4, 0.5) is 11.4 Å². The average molecular weight is 309 g/mol. The lowest BCUT2D eigenvalue weighted by atomic mass is 10.1. The van der Waals surface area contributed by atoms with E-state index >= 15 is 0 Å². The fourth-order valence-corrected chi connectivity index (χ4v) is 2.47. The van der Waals surface area contributed by atoms with E-state index in [1.54, 1.807) is 12.1 Å². The van der Waals surface area contributed by atoms with E-state index < -0.39 is 0 Å². The van der Waals surface area contributed by atoms with Crippen molar-refractivity contribution in [1.29, 1.82) is 0 Å². The van der Waals surface area contributed by atoms with Crippen molar-refractivity contribution in [2.24, 2.45) is 0 Å². The molecule has 3 rings (SSSR count). The molecule has 0 spiro atoms. The maximum absolute atomic E-state index is 12.1. The number of benzene rings is 2. The molecule has 0 unspecified atom stereocenters. The lowest BCUT2D eigenvalue weighted by Gasteiger charge is -2.18. The van der Waals surface area contributed by atoms with Crippen LogP contribution in [0, 0.1) is 0 Å². The molecule has 3 N–H and O–H groups in total. The number of nitrogens with one attached hydrogen (secondary N) is 3. The van der Waals surface area contributed by atoms with Gasteiger partial charge in [0.25, 0.3) is 5.91 Å². The molecule has 1 heterocycles. The van der Waals surface area contributed by atoms with Crippen molar-refractivity contribution in [3.63, 3.8) is 0 Å². The molecule has 22 heavy (non-hydrogen) atoms. The van der Waals surface area contributed by atoms with Crippen LogP contribution >= 0.6 is 12.2 Å². The second kappa shape index (κ2) is 6.41. The second-order valence-corrected chi connectivity index (χ2v) is 5.23. The van der Waals surface area contributed by atoms with Gasteiger partial charge < -0.3 is 10.6 Å². The highest BCUT2D eigenvalue weighted by Crippen LogP contribution is 2.28. The number of hydrogen-bond acceptors (Lipinski definition) is 3. The second-order valence-electron chi connectivity index (χ2n) is 4.82. The Morgan fingerprint density at radius 1 is 1.09 bits per heavy atom. The van der Waals surface area contributed by atoms with Crippen LogP contribution in [-0.2, 0) is 0 Å². The lowest BCUT2D eigenvalue weighted by Crippen LogP contribution is -2.34. The summed E-state index contributed by atoms with van der Waals surface area (Å²) in [4.78, 5) is 12.1. The monoisotopic (exact) mass is 309 g/mol. The highest BCUT2D eigenvalue weighted by atomic mass is 32.1. The number of carbonyl (C=O) groups is 1. The molecule has 1 aliphatic rings. The molecule has 0 aromatic heterocycles. The fraction of sp³-hybridized carbons (Fsp3) is 0.0588. The van der Waals surface area contributed by atoms with E-state index in [4.69, 9.17) is 12.2 Å². The van der Waals surface area contributed by atoms with E-state index in [1.165, 1.54) is 0 Å². The first kappa shape index (κ1) is 14.3. The summed E-state index contributed by atoms with van der Waals surface area (Å²) in [5.41, 5.74) is 3.51. The van der Waals surface area contributed by atoms with Crippen molar-refractivity contribution in [2.75, 3.05) is 17.2 Å². The molecule has 4 nitrogen and oxygen atoms in total. The molecule has 0 aliphatic carbocycles. The number of carbonyl (C=O) groups excluding carboxylic acids is 1. The Morgan fingerprint density at radius 3 is 2.73 bits per heavy atom. The van der Waals surface area contributed by atoms with E-state index in [0.29, 0.717) is 5.56 Å². The van der Waals surface area contributed by atoms with Crippen LogP contribution in [0.3, 0.4) is 0 Å². The van der Waals surface area contributed by atoms with Crippen LogP contribution in [0.5, 0.6) is 0 Å². The minimum Gasteiger partial charge on any atom is -0.381 e. The molecule has 0 radical (unpaired) electrons. The smallest absolute Gasteiger partial charge is 0.257 e. The molecule has 0 fully saturated rings. The summed E-state index contributed by atoms with van der Waals surface area (Å²) in [7, 11) is 0. The van der Waals surface area contributed by atoms with Gasteiger partial charge in [-0.3, -0.25) is 10.1 Å². The molecule has 110 valence electrons. The minimum atomic E-state index is -0.225. The van der Waals surface area contributed by atoms with Gasteiger partial charge in [-0.2, -0.15) is 0 Å². The molecular formula is C17H15N3OS. The fourth-order valence-electron chi connectivity index (χ4n) is 2.27. The van der Waals surface area contributed by atoms with Crippen LogP contribution in [0.2, 0.25) is 0 Å². The van der Waals surface area contributed by atoms with E-state index in [2.05, 4.69) is 16.0 Å². The number of amides is 1. The van der Waals surface area contributed by atoms with Crippen molar-refractivity contribution >= 4 is 40.7 Å². The van der Waals surface area contributed by atoms with E-state index in [0.717, 1.165) is 23.5 Å². The van der Waals surface area contributed by atoms with Gasteiger partial charge in [0.2, 0.25) is 0 Å². The molecule has 0 saturated heterocycles. The van der Waals surface area contributed by atoms with Gasteiger partial charge in [-0.25, -0.2) is 0 Å². The summed E-state index contributed by atoms with van der Waals surface area (Å²) in [6, 6.07) is 14.9. The predicted octanol–water partition coefficient (Wildman–Crippen LogP) is 3.25. The maximum atomic E-state index is 12.1. The Hall–Kier alpha value is -2.66. The summed E-state index contributed by atoms with van der Waals surface area (Å²) < 4.78 is 0. The van der Waals surface area contributed by atoms with Crippen LogP contribution in [0.15, 0.2) is 54.6 Å². The number of anilines is 2. The van der Waals surface area contributed by atoms with Gasteiger partial charge in [0, 0.05) is 29.0 Å². The van der Waals surface area contributed by atoms with Crippen LogP contribution in [0.1, 0.15) is 15.9 Å². The van der Waals surface area contributed by atoms with Gasteiger partial charge in [-0.15, -0.1) is 0 Å². The first-order chi connectivity index (χ1) is 10.7. The van der Waals surface area contributed by atoms with Gasteiger partial charge in [0.05, 0.1) is 0 Å². The molecule has 0 atom stereocenters. The predicted molar refractivity (Wildman–Crippen MR) is 94.1 cm³/mol. The van der Waals surface area contributed by atoms with Crippen LogP contribution in [-0.4, -0.2) is 17.6 Å². The van der Waals surface area contributed by atoms with Gasteiger partial charge >= 0.3 is 0 Å². The summed E-state index contributed by atoms with van der Waals surface area (Å²) in [6.07, 6.45) is 4.08. The number of rotatable bonds is 2. The molecule has 0 saturated carbocycles. The Morgan fingerprint density at radius 2 is 1.91 bits per heavy atom. The topological polar surface area (TPSA) is 53.2 Å². The average Bonchev–Trinajstić information content (AvgIpc) is 2.56. The minimum absolute atomic E-state index is 0.225. The molecule has 2 aromatic rings. The molecule has 5 heteroatoms. The van der Waals surface area contributed by atoms with E-state index in [-0.39, 0.29) is 11.0 Å². The maximum Gasteiger partial charge on any atom is 0.257 e. The third-order valence-corrected chi connectivity index (χ3v) is 3.52. The molecule has 1 amide bonds. The highest BCUT2D eigenvalue weighted by molar-refractivity contribution is 7.80. The first-order valence-corrected chi connectivity index (χ1v) is 7.36. The van der Waals surface area contributed by atoms with E-state index in [1.807, 2.05) is 48.6 Å². The Kier molecular flexibility index (Phi) is 4.16. The summed E-state index contributed by atoms with van der Waals surface area (Å²) >= 11 is 5.23. The van der Waals surface area contributed by atoms with Gasteiger partial charge in [-0.1, -0.05) is 36.4 Å². The van der Waals surface area contributed by atoms with Crippen molar-refractivity contribution < 1.29 is 4.79 Å². The molecule has 2 aromatic carbocycles. The lowest BCUT2D eigenvalue weighted by molar-refractivity contribution is 0.0978. The number of hydrogen-bond donors (Lipinski definition) is 3. The molecule has 1 aliphatic heterocycles. The quantitative estimate of drug-likeness (QED) is 0.745. The third kappa shape index (κ3) is 3.15.